The Labute approximate surface area is 264 Å². The quantitative estimate of drug-likeness (QED) is 0.231. The molecule has 1 aliphatic rings. The number of rotatable bonds is 12. The van der Waals surface area contributed by atoms with Crippen LogP contribution in [0.5, 0.6) is 5.75 Å². The molecule has 3 amide bonds. The average molecular weight is 613 g/mol. The summed E-state index contributed by atoms with van der Waals surface area (Å²) in [6.45, 7) is 5.76. The topological polar surface area (TPSA) is 137 Å². The molecular weight excluding hydrogens is 571 g/mol. The monoisotopic (exact) mass is 612 g/mol. The fourth-order valence-corrected chi connectivity index (χ4v) is 5.38. The van der Waals surface area contributed by atoms with E-state index in [1.165, 1.54) is 0 Å². The van der Waals surface area contributed by atoms with Gasteiger partial charge in [0.1, 0.15) is 5.60 Å². The van der Waals surface area contributed by atoms with E-state index in [0.717, 1.165) is 22.3 Å². The first kappa shape index (κ1) is 33.4. The van der Waals surface area contributed by atoms with Gasteiger partial charge >= 0.3 is 199 Å². The first-order valence-electron chi connectivity index (χ1n) is 15.2. The number of amides is 3. The molecule has 0 aromatic heterocycles. The van der Waals surface area contributed by atoms with Gasteiger partial charge in [0, 0.05) is 0 Å². The van der Waals surface area contributed by atoms with E-state index in [-0.39, 0.29) is 37.1 Å². The molecule has 236 valence electrons. The summed E-state index contributed by atoms with van der Waals surface area (Å²) in [4.78, 5) is 42.1. The van der Waals surface area contributed by atoms with Crippen LogP contribution >= 0.6 is 0 Å². The van der Waals surface area contributed by atoms with Crippen LogP contribution in [0.4, 0.5) is 4.79 Å². The molecule has 4 rings (SSSR count). The molecule has 1 aliphatic heterocycles. The zero-order chi connectivity index (χ0) is 32.4. The van der Waals surface area contributed by atoms with Crippen LogP contribution in [-0.4, -0.2) is 71.8 Å². The van der Waals surface area contributed by atoms with Crippen LogP contribution in [0.1, 0.15) is 43.0 Å². The first-order chi connectivity index (χ1) is 21.5. The molecule has 0 saturated carbocycles. The number of nitrogens with one attached hydrogen (secondary N) is 3. The Morgan fingerprint density at radius 3 is 2.20 bits per heavy atom. The minimum atomic E-state index is -0.904. The number of fused-ring (bicyclic) bond motifs is 1. The van der Waals surface area contributed by atoms with Crippen molar-refractivity contribution in [1.82, 2.24) is 20.9 Å². The molecule has 0 bridgehead atoms. The Kier molecular flexibility index (Phi) is 11.5. The van der Waals surface area contributed by atoms with Crippen molar-refractivity contribution in [2.45, 2.75) is 70.3 Å². The van der Waals surface area contributed by atoms with Crippen molar-refractivity contribution < 1.29 is 28.9 Å². The second-order valence-corrected chi connectivity index (χ2v) is 12.2. The molecule has 3 aromatic carbocycles. The van der Waals surface area contributed by atoms with Crippen molar-refractivity contribution in [3.63, 3.8) is 0 Å². The van der Waals surface area contributed by atoms with Gasteiger partial charge in [0.15, 0.2) is 0 Å². The van der Waals surface area contributed by atoms with Gasteiger partial charge in [0.05, 0.1) is 0 Å². The van der Waals surface area contributed by atoms with Gasteiger partial charge in [-0.3, -0.25) is 0 Å². The van der Waals surface area contributed by atoms with E-state index in [1.807, 2.05) is 54.6 Å². The molecule has 3 atom stereocenters. The van der Waals surface area contributed by atoms with Crippen LogP contribution in [-0.2, 0) is 44.8 Å². The van der Waals surface area contributed by atoms with E-state index < -0.39 is 29.7 Å². The molecule has 0 radical (unpaired) electrons. The van der Waals surface area contributed by atoms with Gasteiger partial charge in [-0.05, 0) is 20.8 Å². The van der Waals surface area contributed by atoms with E-state index in [9.17, 15) is 24.2 Å². The van der Waals surface area contributed by atoms with E-state index in [1.54, 1.807) is 49.9 Å². The number of aromatic hydroxyl groups is 1. The zero-order valence-electron chi connectivity index (χ0n) is 26.0. The molecule has 0 spiro atoms. The average Bonchev–Trinajstić information content (AvgIpc) is 3.01. The van der Waals surface area contributed by atoms with Crippen molar-refractivity contribution in [3.8, 4) is 5.75 Å². The summed E-state index contributed by atoms with van der Waals surface area (Å²) in [7, 11) is 0.713. The number of alkyl carbamates (subject to hydrolysis) is 1. The number of carbonyl (C=O) groups is 3. The van der Waals surface area contributed by atoms with Gasteiger partial charge in [-0.2, -0.15) is 0 Å². The number of hydrogen-bond donors (Lipinski definition) is 4. The Bertz CT molecular complexity index is 1460. The van der Waals surface area contributed by atoms with E-state index in [4.69, 9.17) is 4.74 Å². The zero-order valence-corrected chi connectivity index (χ0v) is 26.0. The SMILES string of the molecule is CC(C)(C)OC(=O)NC(Cc1ccccc1)C(=O)NC[C@@H]1Cc2ccccc2CN1C(=O)C(Cc1ccc(O)cc1)NCB=O. The number of ether oxygens (including phenoxy) is 1. The van der Waals surface area contributed by atoms with Gasteiger partial charge in [0.2, 0.25) is 0 Å². The number of nitrogens with zero attached hydrogens (tertiary/aromatic N) is 1. The minimum absolute atomic E-state index is 0.00216. The predicted octanol–water partition coefficient (Wildman–Crippen LogP) is 3.11. The van der Waals surface area contributed by atoms with Crippen molar-refractivity contribution in [3.05, 3.63) is 101 Å². The predicted molar refractivity (Wildman–Crippen MR) is 171 cm³/mol. The van der Waals surface area contributed by atoms with Crippen molar-refractivity contribution in [2.24, 2.45) is 0 Å². The molecule has 1 heterocycles. The normalized spacial score (nSPS) is 15.6. The molecular formula is C34H41BN4O6. The van der Waals surface area contributed by atoms with E-state index >= 15 is 0 Å². The van der Waals surface area contributed by atoms with Crippen LogP contribution in [0.25, 0.3) is 0 Å². The number of phenolic OH excluding ortho intramolecular Hbond substituents is 1. The third-order valence-electron chi connectivity index (χ3n) is 7.56. The number of hydrogen-bond acceptors (Lipinski definition) is 7. The summed E-state index contributed by atoms with van der Waals surface area (Å²) >= 11 is 0. The number of phenols is 1. The summed E-state index contributed by atoms with van der Waals surface area (Å²) < 4.78 is 16.7. The van der Waals surface area contributed by atoms with Gasteiger partial charge in [-0.1, -0.05) is 30.3 Å². The summed E-state index contributed by atoms with van der Waals surface area (Å²) in [6.07, 6.45) is 0.387. The Balaban J connectivity index is 1.54. The number of carbonyl (C=O) groups excluding carboxylic acids is 3. The maximum absolute atomic E-state index is 14.1. The molecule has 45 heavy (non-hydrogen) atoms. The Hall–Kier alpha value is -4.51. The van der Waals surface area contributed by atoms with Gasteiger partial charge in [-0.25, -0.2) is 4.79 Å². The van der Waals surface area contributed by atoms with Crippen LogP contribution in [0.2, 0.25) is 0 Å². The second-order valence-electron chi connectivity index (χ2n) is 12.2. The Morgan fingerprint density at radius 1 is 0.911 bits per heavy atom. The fourth-order valence-electron chi connectivity index (χ4n) is 5.38. The van der Waals surface area contributed by atoms with Crippen molar-refractivity contribution >= 4 is 25.1 Å². The summed E-state index contributed by atoms with van der Waals surface area (Å²) in [5.74, 6) is -0.472. The molecule has 11 heteroatoms. The molecule has 10 nitrogen and oxygen atoms in total. The third-order valence-corrected chi connectivity index (χ3v) is 7.56. The standard InChI is InChI=1S/C34H41BN4O6/c1-34(2,3)45-33(43)38-29(17-23-9-5-4-6-10-23)31(41)36-20-27-19-25-11-7-8-12-26(25)21-39(27)32(42)30(37-22-35-44)18-24-13-15-28(40)16-14-24/h4-16,27,29-30,37,40H,17-22H2,1-3H3,(H,36,41)(H,38,43)/t27-,29?,30?/m0/s1. The fraction of sp³-hybridized carbons (Fsp3) is 0.382. The molecule has 0 fully saturated rings. The van der Waals surface area contributed by atoms with Crippen molar-refractivity contribution in [2.75, 3.05) is 13.0 Å². The molecule has 0 aliphatic carbocycles. The summed E-state index contributed by atoms with van der Waals surface area (Å²) in [5.41, 5.74) is 3.06. The van der Waals surface area contributed by atoms with Gasteiger partial charge < -0.3 is 4.74 Å². The second kappa shape index (κ2) is 15.5. The van der Waals surface area contributed by atoms with E-state index in [2.05, 4.69) is 16.0 Å². The maximum atomic E-state index is 14.1. The number of benzene rings is 3. The van der Waals surface area contributed by atoms with Gasteiger partial charge in [0.25, 0.3) is 0 Å². The molecule has 0 saturated heterocycles. The summed E-state index contributed by atoms with van der Waals surface area (Å²) in [5, 5.41) is 18.5. The molecule has 4 N–H and O–H groups in total. The third kappa shape index (κ3) is 10.0. The van der Waals surface area contributed by atoms with Crippen LogP contribution in [0.3, 0.4) is 0 Å². The summed E-state index contributed by atoms with van der Waals surface area (Å²) in [6, 6.07) is 21.9. The van der Waals surface area contributed by atoms with Crippen LogP contribution < -0.4 is 16.0 Å². The molecule has 3 aromatic rings. The van der Waals surface area contributed by atoms with Crippen LogP contribution in [0, 0.1) is 0 Å². The first-order valence-corrected chi connectivity index (χ1v) is 15.2. The van der Waals surface area contributed by atoms with E-state index in [0.29, 0.717) is 26.5 Å². The van der Waals surface area contributed by atoms with Gasteiger partial charge in [-0.15, -0.1) is 0 Å². The van der Waals surface area contributed by atoms with Crippen molar-refractivity contribution in [1.29, 1.82) is 0 Å². The Morgan fingerprint density at radius 2 is 1.53 bits per heavy atom. The van der Waals surface area contributed by atoms with Crippen LogP contribution in [0.15, 0.2) is 78.9 Å². The molecule has 2 unspecified atom stereocenters.